The van der Waals surface area contributed by atoms with E-state index in [1.165, 1.54) is 0 Å². The molecule has 0 spiro atoms. The highest BCUT2D eigenvalue weighted by atomic mass is 79.9. The van der Waals surface area contributed by atoms with E-state index in [1.54, 1.807) is 0 Å². The van der Waals surface area contributed by atoms with Gasteiger partial charge in [-0.05, 0) is 52.7 Å². The van der Waals surface area contributed by atoms with Crippen molar-refractivity contribution in [2.24, 2.45) is 5.73 Å². The number of carbonyl (C=O) groups excluding carboxylic acids is 1. The number of benzene rings is 2. The first-order valence-electron chi connectivity index (χ1n) is 6.59. The molecule has 2 aromatic rings. The number of nitrogens with two attached hydrogens (primary N) is 1. The van der Waals surface area contributed by atoms with Crippen LogP contribution < -0.4 is 15.8 Å². The van der Waals surface area contributed by atoms with E-state index in [0.717, 1.165) is 15.7 Å². The van der Waals surface area contributed by atoms with E-state index in [4.69, 9.17) is 10.5 Å². The molecule has 0 radical (unpaired) electrons. The number of amides is 1. The van der Waals surface area contributed by atoms with Gasteiger partial charge in [-0.2, -0.15) is 0 Å². The van der Waals surface area contributed by atoms with Crippen LogP contribution in [0.3, 0.4) is 0 Å². The van der Waals surface area contributed by atoms with Crippen molar-refractivity contribution in [2.45, 2.75) is 13.0 Å². The van der Waals surface area contributed by atoms with Crippen molar-refractivity contribution in [1.29, 1.82) is 0 Å². The van der Waals surface area contributed by atoms with Crippen LogP contribution in [0.2, 0.25) is 0 Å². The van der Waals surface area contributed by atoms with Crippen molar-refractivity contribution in [3.05, 3.63) is 58.6 Å². The standard InChI is InChI=1S/C16H17BrN2O2/c1-11(18)12-6-8-13(9-7-12)21-10-16(20)19-15-5-3-2-4-14(15)17/h2-9,11H,10,18H2,1H3,(H,19,20)/t11-/m0/s1. The predicted octanol–water partition coefficient (Wildman–Crippen LogP) is 3.49. The summed E-state index contributed by atoms with van der Waals surface area (Å²) in [6, 6.07) is 14.8. The maximum atomic E-state index is 11.8. The van der Waals surface area contributed by atoms with Crippen LogP contribution in [0.4, 0.5) is 5.69 Å². The van der Waals surface area contributed by atoms with Gasteiger partial charge in [0.05, 0.1) is 5.69 Å². The lowest BCUT2D eigenvalue weighted by Crippen LogP contribution is -2.20. The Bertz CT molecular complexity index is 612. The number of anilines is 1. The third-order valence-electron chi connectivity index (χ3n) is 2.92. The quantitative estimate of drug-likeness (QED) is 0.869. The second-order valence-corrected chi connectivity index (χ2v) is 5.53. The summed E-state index contributed by atoms with van der Waals surface area (Å²) in [6.45, 7) is 1.87. The molecule has 0 aliphatic rings. The minimum atomic E-state index is -0.210. The van der Waals surface area contributed by atoms with E-state index >= 15 is 0 Å². The van der Waals surface area contributed by atoms with E-state index in [-0.39, 0.29) is 18.6 Å². The van der Waals surface area contributed by atoms with Crippen molar-refractivity contribution in [3.8, 4) is 5.75 Å². The summed E-state index contributed by atoms with van der Waals surface area (Å²) in [7, 11) is 0. The molecule has 0 fully saturated rings. The molecule has 1 atom stereocenters. The first-order valence-corrected chi connectivity index (χ1v) is 7.38. The third-order valence-corrected chi connectivity index (χ3v) is 3.62. The van der Waals surface area contributed by atoms with Gasteiger partial charge in [0.2, 0.25) is 0 Å². The Hall–Kier alpha value is -1.85. The predicted molar refractivity (Wildman–Crippen MR) is 87.3 cm³/mol. The average Bonchev–Trinajstić information content (AvgIpc) is 2.48. The van der Waals surface area contributed by atoms with Gasteiger partial charge in [0, 0.05) is 10.5 Å². The van der Waals surface area contributed by atoms with Gasteiger partial charge >= 0.3 is 0 Å². The fourth-order valence-corrected chi connectivity index (χ4v) is 2.15. The lowest BCUT2D eigenvalue weighted by atomic mass is 10.1. The number of rotatable bonds is 5. The Morgan fingerprint density at radius 3 is 2.52 bits per heavy atom. The minimum absolute atomic E-state index is 0.0159. The minimum Gasteiger partial charge on any atom is -0.484 e. The smallest absolute Gasteiger partial charge is 0.262 e. The van der Waals surface area contributed by atoms with Crippen molar-refractivity contribution in [2.75, 3.05) is 11.9 Å². The van der Waals surface area contributed by atoms with Crippen LogP contribution in [0.15, 0.2) is 53.0 Å². The SMILES string of the molecule is C[C@H](N)c1ccc(OCC(=O)Nc2ccccc2Br)cc1. The van der Waals surface area contributed by atoms with E-state index in [1.807, 2.05) is 55.5 Å². The van der Waals surface area contributed by atoms with Crippen molar-refractivity contribution >= 4 is 27.5 Å². The number of hydrogen-bond donors (Lipinski definition) is 2. The van der Waals surface area contributed by atoms with Crippen LogP contribution in [0.1, 0.15) is 18.5 Å². The molecule has 1 amide bonds. The summed E-state index contributed by atoms with van der Waals surface area (Å²) in [5.41, 5.74) is 7.53. The number of hydrogen-bond acceptors (Lipinski definition) is 3. The van der Waals surface area contributed by atoms with Gasteiger partial charge in [-0.1, -0.05) is 24.3 Å². The van der Waals surface area contributed by atoms with E-state index in [9.17, 15) is 4.79 Å². The van der Waals surface area contributed by atoms with Gasteiger partial charge in [-0.15, -0.1) is 0 Å². The van der Waals surface area contributed by atoms with Gasteiger partial charge in [0.1, 0.15) is 5.75 Å². The molecule has 0 aromatic heterocycles. The highest BCUT2D eigenvalue weighted by Gasteiger charge is 2.06. The van der Waals surface area contributed by atoms with Gasteiger partial charge in [-0.25, -0.2) is 0 Å². The highest BCUT2D eigenvalue weighted by Crippen LogP contribution is 2.21. The van der Waals surface area contributed by atoms with Gasteiger partial charge in [0.15, 0.2) is 6.61 Å². The van der Waals surface area contributed by atoms with Crippen LogP contribution in [0, 0.1) is 0 Å². The molecule has 4 nitrogen and oxygen atoms in total. The first kappa shape index (κ1) is 15.5. The Morgan fingerprint density at radius 1 is 1.24 bits per heavy atom. The molecular weight excluding hydrogens is 332 g/mol. The summed E-state index contributed by atoms with van der Waals surface area (Å²) >= 11 is 3.37. The van der Waals surface area contributed by atoms with Gasteiger partial charge in [-0.3, -0.25) is 4.79 Å². The zero-order chi connectivity index (χ0) is 15.2. The van der Waals surface area contributed by atoms with Crippen LogP contribution in [0.25, 0.3) is 0 Å². The fraction of sp³-hybridized carbons (Fsp3) is 0.188. The number of halogens is 1. The second-order valence-electron chi connectivity index (χ2n) is 4.67. The number of nitrogens with one attached hydrogen (secondary N) is 1. The zero-order valence-corrected chi connectivity index (χ0v) is 13.3. The molecule has 110 valence electrons. The van der Waals surface area contributed by atoms with Crippen LogP contribution >= 0.6 is 15.9 Å². The molecule has 0 saturated heterocycles. The van der Waals surface area contributed by atoms with Crippen molar-refractivity contribution in [1.82, 2.24) is 0 Å². The molecule has 0 unspecified atom stereocenters. The molecule has 5 heteroatoms. The van der Waals surface area contributed by atoms with E-state index in [2.05, 4.69) is 21.2 Å². The molecule has 0 saturated carbocycles. The van der Waals surface area contributed by atoms with Crippen LogP contribution in [0.5, 0.6) is 5.75 Å². The molecule has 0 heterocycles. The second kappa shape index (κ2) is 7.24. The Morgan fingerprint density at radius 2 is 1.90 bits per heavy atom. The van der Waals surface area contributed by atoms with Gasteiger partial charge in [0.25, 0.3) is 5.91 Å². The first-order chi connectivity index (χ1) is 10.1. The molecule has 0 bridgehead atoms. The van der Waals surface area contributed by atoms with E-state index < -0.39 is 0 Å². The molecule has 0 aliphatic carbocycles. The Kier molecular flexibility index (Phi) is 5.36. The average molecular weight is 349 g/mol. The summed E-state index contributed by atoms with van der Waals surface area (Å²) in [4.78, 5) is 11.8. The maximum absolute atomic E-state index is 11.8. The summed E-state index contributed by atoms with van der Waals surface area (Å²) in [5, 5.41) is 2.78. The number of ether oxygens (including phenoxy) is 1. The van der Waals surface area contributed by atoms with Gasteiger partial charge < -0.3 is 15.8 Å². The molecule has 2 aromatic carbocycles. The summed E-state index contributed by atoms with van der Waals surface area (Å²) < 4.78 is 6.28. The van der Waals surface area contributed by atoms with Crippen LogP contribution in [-0.4, -0.2) is 12.5 Å². The largest absolute Gasteiger partial charge is 0.484 e. The normalized spacial score (nSPS) is 11.8. The molecule has 0 aliphatic heterocycles. The lowest BCUT2D eigenvalue weighted by molar-refractivity contribution is -0.118. The number of para-hydroxylation sites is 1. The number of carbonyl (C=O) groups is 1. The molecular formula is C16H17BrN2O2. The lowest BCUT2D eigenvalue weighted by Gasteiger charge is -2.10. The summed E-state index contributed by atoms with van der Waals surface area (Å²) in [5.74, 6) is 0.430. The highest BCUT2D eigenvalue weighted by molar-refractivity contribution is 9.10. The van der Waals surface area contributed by atoms with Crippen molar-refractivity contribution in [3.63, 3.8) is 0 Å². The Labute approximate surface area is 132 Å². The van der Waals surface area contributed by atoms with Crippen molar-refractivity contribution < 1.29 is 9.53 Å². The molecule has 21 heavy (non-hydrogen) atoms. The Balaban J connectivity index is 1.88. The topological polar surface area (TPSA) is 64.3 Å². The maximum Gasteiger partial charge on any atom is 0.262 e. The molecule has 2 rings (SSSR count). The zero-order valence-electron chi connectivity index (χ0n) is 11.7. The van der Waals surface area contributed by atoms with E-state index in [0.29, 0.717) is 5.75 Å². The summed E-state index contributed by atoms with van der Waals surface area (Å²) in [6.07, 6.45) is 0. The fourth-order valence-electron chi connectivity index (χ4n) is 1.77. The third kappa shape index (κ3) is 4.58. The van der Waals surface area contributed by atoms with Crippen LogP contribution in [-0.2, 0) is 4.79 Å². The monoisotopic (exact) mass is 348 g/mol. The molecule has 3 N–H and O–H groups in total.